The van der Waals surface area contributed by atoms with Crippen LogP contribution in [0.1, 0.15) is 25.0 Å². The molecule has 2 heterocycles. The molecule has 8 aromatic carbocycles. The van der Waals surface area contributed by atoms with E-state index in [1.165, 1.54) is 81.0 Å². The second-order valence-electron chi connectivity index (χ2n) is 15.0. The predicted molar refractivity (Wildman–Crippen MR) is 231 cm³/mol. The summed E-state index contributed by atoms with van der Waals surface area (Å²) in [4.78, 5) is 2.44. The summed E-state index contributed by atoms with van der Waals surface area (Å²) in [6, 6.07) is 67.2. The Morgan fingerprint density at radius 3 is 1.93 bits per heavy atom. The van der Waals surface area contributed by atoms with Gasteiger partial charge in [0.2, 0.25) is 0 Å². The third-order valence-corrected chi connectivity index (χ3v) is 12.7. The van der Waals surface area contributed by atoms with Gasteiger partial charge in [-0.25, -0.2) is 0 Å². The number of fused-ring (bicyclic) bond motifs is 9. The van der Waals surface area contributed by atoms with E-state index in [0.717, 1.165) is 17.1 Å². The summed E-state index contributed by atoms with van der Waals surface area (Å²) in [6.07, 6.45) is 0. The lowest BCUT2D eigenvalue weighted by atomic mass is 9.82. The van der Waals surface area contributed by atoms with Gasteiger partial charge >= 0.3 is 0 Å². The van der Waals surface area contributed by atoms with Crippen molar-refractivity contribution in [1.82, 2.24) is 4.57 Å². The van der Waals surface area contributed by atoms with Gasteiger partial charge in [-0.1, -0.05) is 129 Å². The van der Waals surface area contributed by atoms with Crippen molar-refractivity contribution in [2.45, 2.75) is 19.3 Å². The molecule has 1 aliphatic rings. The molecule has 0 unspecified atom stereocenters. The van der Waals surface area contributed by atoms with E-state index in [1.54, 1.807) is 0 Å². The molecular formula is C51H36N2S. The Kier molecular flexibility index (Phi) is 6.80. The first-order valence-corrected chi connectivity index (χ1v) is 19.5. The van der Waals surface area contributed by atoms with Crippen LogP contribution >= 0.6 is 11.3 Å². The van der Waals surface area contributed by atoms with E-state index in [0.29, 0.717) is 0 Å². The van der Waals surface area contributed by atoms with Crippen LogP contribution in [0.25, 0.3) is 69.9 Å². The third-order valence-electron chi connectivity index (χ3n) is 11.6. The molecule has 256 valence electrons. The van der Waals surface area contributed by atoms with Gasteiger partial charge in [-0.05, 0) is 100 Å². The maximum Gasteiger partial charge on any atom is 0.0561 e. The van der Waals surface area contributed by atoms with Crippen molar-refractivity contribution >= 4 is 70.4 Å². The number of hydrogen-bond donors (Lipinski definition) is 0. The van der Waals surface area contributed by atoms with Crippen molar-refractivity contribution in [3.8, 4) is 27.9 Å². The summed E-state index contributed by atoms with van der Waals surface area (Å²) >= 11 is 1.86. The zero-order chi connectivity index (χ0) is 36.0. The summed E-state index contributed by atoms with van der Waals surface area (Å²) in [5.74, 6) is 0. The number of anilines is 3. The van der Waals surface area contributed by atoms with Gasteiger partial charge in [0.25, 0.3) is 0 Å². The SMILES string of the molecule is CC1(C)c2ccccc2-c2ccc(N(c3ccc(-c4ccccc4)cc3)c3ccc4c5ccccc5n(-c5ccc6sc7ccccc7c6c5)c4c3)cc21. The molecule has 0 saturated heterocycles. The van der Waals surface area contributed by atoms with Crippen LogP contribution in [0.3, 0.4) is 0 Å². The maximum atomic E-state index is 2.46. The number of benzene rings is 8. The molecule has 54 heavy (non-hydrogen) atoms. The van der Waals surface area contributed by atoms with E-state index < -0.39 is 0 Å². The first-order chi connectivity index (χ1) is 26.5. The Bertz CT molecular complexity index is 3070. The Morgan fingerprint density at radius 2 is 1.06 bits per heavy atom. The van der Waals surface area contributed by atoms with Crippen molar-refractivity contribution in [3.05, 3.63) is 193 Å². The summed E-state index contributed by atoms with van der Waals surface area (Å²) in [7, 11) is 0. The molecule has 0 atom stereocenters. The van der Waals surface area contributed by atoms with Crippen molar-refractivity contribution in [2.24, 2.45) is 0 Å². The molecule has 10 aromatic rings. The number of aromatic nitrogens is 1. The Hall–Kier alpha value is -6.42. The van der Waals surface area contributed by atoms with Crippen molar-refractivity contribution < 1.29 is 0 Å². The molecule has 0 radical (unpaired) electrons. The van der Waals surface area contributed by atoms with Crippen LogP contribution in [-0.2, 0) is 5.41 Å². The molecule has 2 aromatic heterocycles. The Morgan fingerprint density at radius 1 is 0.426 bits per heavy atom. The number of para-hydroxylation sites is 1. The highest BCUT2D eigenvalue weighted by atomic mass is 32.1. The number of nitrogens with zero attached hydrogens (tertiary/aromatic N) is 2. The van der Waals surface area contributed by atoms with Gasteiger partial charge < -0.3 is 9.47 Å². The molecule has 0 fully saturated rings. The van der Waals surface area contributed by atoms with E-state index in [1.807, 2.05) is 11.3 Å². The normalized spacial score (nSPS) is 13.1. The molecule has 2 nitrogen and oxygen atoms in total. The largest absolute Gasteiger partial charge is 0.310 e. The minimum Gasteiger partial charge on any atom is -0.310 e. The molecule has 0 spiro atoms. The van der Waals surface area contributed by atoms with E-state index >= 15 is 0 Å². The summed E-state index contributed by atoms with van der Waals surface area (Å²) < 4.78 is 5.09. The second-order valence-corrected chi connectivity index (χ2v) is 16.1. The zero-order valence-electron chi connectivity index (χ0n) is 30.1. The van der Waals surface area contributed by atoms with Crippen LogP contribution in [0.4, 0.5) is 17.1 Å². The molecule has 0 saturated carbocycles. The van der Waals surface area contributed by atoms with Crippen LogP contribution in [-0.4, -0.2) is 4.57 Å². The molecule has 0 bridgehead atoms. The summed E-state index contributed by atoms with van der Waals surface area (Å²) in [5.41, 5.74) is 14.7. The monoisotopic (exact) mass is 708 g/mol. The smallest absolute Gasteiger partial charge is 0.0561 e. The van der Waals surface area contributed by atoms with E-state index in [2.05, 4.69) is 205 Å². The minimum atomic E-state index is -0.106. The maximum absolute atomic E-state index is 2.46. The van der Waals surface area contributed by atoms with Crippen LogP contribution < -0.4 is 4.90 Å². The first kappa shape index (κ1) is 31.1. The fraction of sp³-hybridized carbons (Fsp3) is 0.0588. The molecule has 0 aliphatic heterocycles. The van der Waals surface area contributed by atoms with E-state index in [-0.39, 0.29) is 5.41 Å². The first-order valence-electron chi connectivity index (χ1n) is 18.7. The molecule has 0 N–H and O–H groups in total. The second kappa shape index (κ2) is 11.8. The Labute approximate surface area is 318 Å². The van der Waals surface area contributed by atoms with Gasteiger partial charge in [0.1, 0.15) is 0 Å². The fourth-order valence-corrected chi connectivity index (χ4v) is 10.0. The number of thiophene rings is 1. The van der Waals surface area contributed by atoms with E-state index in [9.17, 15) is 0 Å². The van der Waals surface area contributed by atoms with Gasteiger partial charge in [-0.3, -0.25) is 0 Å². The van der Waals surface area contributed by atoms with Crippen molar-refractivity contribution in [3.63, 3.8) is 0 Å². The topological polar surface area (TPSA) is 8.17 Å². The number of rotatable bonds is 5. The minimum absolute atomic E-state index is 0.106. The lowest BCUT2D eigenvalue weighted by Gasteiger charge is -2.28. The predicted octanol–water partition coefficient (Wildman–Crippen LogP) is 14.6. The standard InChI is InChI=1S/C51H36N2S/c1-51(2)45-17-9-6-14-39(45)40-27-24-37(31-46(40)51)52(35-22-20-34(21-23-35)33-12-4-3-5-13-33)38-25-28-42-41-15-7-10-18-47(41)53(48(42)32-38)36-26-29-50-44(30-36)43-16-8-11-19-49(43)54-50/h3-32H,1-2H3. The zero-order valence-corrected chi connectivity index (χ0v) is 30.9. The highest BCUT2D eigenvalue weighted by Gasteiger charge is 2.35. The van der Waals surface area contributed by atoms with Crippen LogP contribution in [0.15, 0.2) is 182 Å². The molecular weight excluding hydrogens is 673 g/mol. The van der Waals surface area contributed by atoms with Gasteiger partial charge in [-0.15, -0.1) is 11.3 Å². The quantitative estimate of drug-likeness (QED) is 0.173. The highest BCUT2D eigenvalue weighted by molar-refractivity contribution is 7.25. The molecule has 1 aliphatic carbocycles. The average molecular weight is 709 g/mol. The molecule has 11 rings (SSSR count). The van der Waals surface area contributed by atoms with Gasteiger partial charge in [0.15, 0.2) is 0 Å². The van der Waals surface area contributed by atoms with Gasteiger partial charge in [-0.2, -0.15) is 0 Å². The number of hydrogen-bond acceptors (Lipinski definition) is 2. The van der Waals surface area contributed by atoms with Gasteiger partial charge in [0, 0.05) is 59.1 Å². The molecule has 0 amide bonds. The van der Waals surface area contributed by atoms with E-state index in [4.69, 9.17) is 0 Å². The van der Waals surface area contributed by atoms with Crippen LogP contribution in [0.2, 0.25) is 0 Å². The average Bonchev–Trinajstić information content (AvgIpc) is 3.83. The highest BCUT2D eigenvalue weighted by Crippen LogP contribution is 2.51. The molecule has 3 heteroatoms. The van der Waals surface area contributed by atoms with Crippen molar-refractivity contribution in [1.29, 1.82) is 0 Å². The van der Waals surface area contributed by atoms with Crippen LogP contribution in [0.5, 0.6) is 0 Å². The lowest BCUT2D eigenvalue weighted by molar-refractivity contribution is 0.660. The van der Waals surface area contributed by atoms with Crippen LogP contribution in [0, 0.1) is 0 Å². The van der Waals surface area contributed by atoms with Gasteiger partial charge in [0.05, 0.1) is 11.0 Å². The summed E-state index contributed by atoms with van der Waals surface area (Å²) in [5, 5.41) is 5.12. The van der Waals surface area contributed by atoms with Crippen molar-refractivity contribution in [2.75, 3.05) is 4.90 Å². The third kappa shape index (κ3) is 4.65. The lowest BCUT2D eigenvalue weighted by Crippen LogP contribution is -2.16. The summed E-state index contributed by atoms with van der Waals surface area (Å²) in [6.45, 7) is 4.72. The Balaban J connectivity index is 1.13. The fourth-order valence-electron chi connectivity index (χ4n) is 8.94.